The summed E-state index contributed by atoms with van der Waals surface area (Å²) in [5.74, 6) is -0.468. The van der Waals surface area contributed by atoms with Crippen molar-refractivity contribution in [2.24, 2.45) is 11.8 Å². The summed E-state index contributed by atoms with van der Waals surface area (Å²) in [6.45, 7) is 1.91. The van der Waals surface area contributed by atoms with Gasteiger partial charge in [-0.1, -0.05) is 50.8 Å². The summed E-state index contributed by atoms with van der Waals surface area (Å²) in [4.78, 5) is 22.2. The Kier molecular flexibility index (Phi) is 8.75. The molecule has 0 amide bonds. The SMILES string of the molecule is CC[C@@H](O)/C=C/[C@@H]1C(=O)C=C[C@@H]1CCCCCCCC(=O)O. The number of carbonyl (C=O) groups is 2. The predicted molar refractivity (Wildman–Crippen MR) is 86.5 cm³/mol. The maximum absolute atomic E-state index is 11.8. The Morgan fingerprint density at radius 2 is 1.95 bits per heavy atom. The summed E-state index contributed by atoms with van der Waals surface area (Å²) >= 11 is 0. The van der Waals surface area contributed by atoms with Gasteiger partial charge in [0.15, 0.2) is 5.78 Å². The minimum absolute atomic E-state index is 0.117. The maximum Gasteiger partial charge on any atom is 0.303 e. The third-order valence-corrected chi connectivity index (χ3v) is 4.18. The Morgan fingerprint density at radius 3 is 2.64 bits per heavy atom. The topological polar surface area (TPSA) is 74.6 Å². The number of aliphatic hydroxyl groups is 1. The molecule has 0 spiro atoms. The lowest BCUT2D eigenvalue weighted by molar-refractivity contribution is -0.137. The van der Waals surface area contributed by atoms with Crippen molar-refractivity contribution in [1.82, 2.24) is 0 Å². The van der Waals surface area contributed by atoms with E-state index in [0.717, 1.165) is 38.5 Å². The number of aliphatic carboxylic acids is 1. The Bertz CT molecular complexity index is 411. The van der Waals surface area contributed by atoms with Crippen LogP contribution in [0.25, 0.3) is 0 Å². The quantitative estimate of drug-likeness (QED) is 0.452. The van der Waals surface area contributed by atoms with Crippen LogP contribution in [0.4, 0.5) is 0 Å². The first kappa shape index (κ1) is 18.6. The zero-order valence-corrected chi connectivity index (χ0v) is 13.4. The van der Waals surface area contributed by atoms with E-state index >= 15 is 0 Å². The van der Waals surface area contributed by atoms with E-state index < -0.39 is 12.1 Å². The van der Waals surface area contributed by atoms with Crippen LogP contribution in [-0.2, 0) is 9.59 Å². The van der Waals surface area contributed by atoms with Crippen LogP contribution in [0.15, 0.2) is 24.3 Å². The van der Waals surface area contributed by atoms with Crippen LogP contribution in [0, 0.1) is 11.8 Å². The summed E-state index contributed by atoms with van der Waals surface area (Å²) in [6.07, 6.45) is 13.5. The van der Waals surface area contributed by atoms with Gasteiger partial charge in [-0.3, -0.25) is 9.59 Å². The molecule has 0 aromatic heterocycles. The van der Waals surface area contributed by atoms with Crippen molar-refractivity contribution in [2.75, 3.05) is 0 Å². The second-order valence-corrected chi connectivity index (χ2v) is 6.01. The van der Waals surface area contributed by atoms with E-state index in [9.17, 15) is 14.7 Å². The number of ketones is 1. The summed E-state index contributed by atoms with van der Waals surface area (Å²) < 4.78 is 0. The molecule has 0 saturated carbocycles. The molecule has 0 bridgehead atoms. The van der Waals surface area contributed by atoms with E-state index in [-0.39, 0.29) is 24.0 Å². The predicted octanol–water partition coefficient (Wildman–Crippen LogP) is 3.50. The molecule has 0 fully saturated rings. The summed E-state index contributed by atoms with van der Waals surface area (Å²) in [5.41, 5.74) is 0. The van der Waals surface area contributed by atoms with E-state index in [4.69, 9.17) is 5.11 Å². The molecule has 0 unspecified atom stereocenters. The Balaban J connectivity index is 2.23. The fourth-order valence-electron chi connectivity index (χ4n) is 2.74. The molecule has 0 heterocycles. The van der Waals surface area contributed by atoms with Crippen molar-refractivity contribution < 1.29 is 19.8 Å². The van der Waals surface area contributed by atoms with Gasteiger partial charge >= 0.3 is 5.97 Å². The molecule has 4 heteroatoms. The van der Waals surface area contributed by atoms with Crippen molar-refractivity contribution in [1.29, 1.82) is 0 Å². The Morgan fingerprint density at radius 1 is 1.27 bits per heavy atom. The van der Waals surface area contributed by atoms with Crippen LogP contribution < -0.4 is 0 Å². The van der Waals surface area contributed by atoms with Crippen molar-refractivity contribution in [3.05, 3.63) is 24.3 Å². The summed E-state index contributed by atoms with van der Waals surface area (Å²) in [7, 11) is 0. The lowest BCUT2D eigenvalue weighted by Crippen LogP contribution is -2.14. The van der Waals surface area contributed by atoms with E-state index in [1.807, 2.05) is 19.1 Å². The minimum Gasteiger partial charge on any atom is -0.481 e. The van der Waals surface area contributed by atoms with Crippen molar-refractivity contribution in [3.63, 3.8) is 0 Å². The normalized spacial score (nSPS) is 22.5. The van der Waals surface area contributed by atoms with E-state index in [1.54, 1.807) is 12.2 Å². The molecule has 0 saturated heterocycles. The van der Waals surface area contributed by atoms with Crippen molar-refractivity contribution in [3.8, 4) is 0 Å². The Labute approximate surface area is 132 Å². The number of allylic oxidation sites excluding steroid dienone is 3. The van der Waals surface area contributed by atoms with Crippen LogP contribution in [0.1, 0.15) is 58.3 Å². The van der Waals surface area contributed by atoms with Crippen LogP contribution in [0.5, 0.6) is 0 Å². The van der Waals surface area contributed by atoms with Gasteiger partial charge in [-0.05, 0) is 31.3 Å². The molecule has 4 nitrogen and oxygen atoms in total. The van der Waals surface area contributed by atoms with Gasteiger partial charge in [0.25, 0.3) is 0 Å². The summed E-state index contributed by atoms with van der Waals surface area (Å²) in [6, 6.07) is 0. The lowest BCUT2D eigenvalue weighted by Gasteiger charge is -2.15. The fraction of sp³-hybridized carbons (Fsp3) is 0.667. The van der Waals surface area contributed by atoms with E-state index in [0.29, 0.717) is 6.42 Å². The van der Waals surface area contributed by atoms with Crippen molar-refractivity contribution in [2.45, 2.75) is 64.4 Å². The van der Waals surface area contributed by atoms with Gasteiger partial charge in [0.2, 0.25) is 0 Å². The second-order valence-electron chi connectivity index (χ2n) is 6.01. The third-order valence-electron chi connectivity index (χ3n) is 4.18. The van der Waals surface area contributed by atoms with Gasteiger partial charge in [0, 0.05) is 12.3 Å². The number of carboxylic acids is 1. The molecule has 1 rings (SSSR count). The average molecular weight is 308 g/mol. The van der Waals surface area contributed by atoms with E-state index in [2.05, 4.69) is 0 Å². The highest BCUT2D eigenvalue weighted by molar-refractivity contribution is 5.95. The first-order valence-electron chi connectivity index (χ1n) is 8.34. The van der Waals surface area contributed by atoms with Crippen molar-refractivity contribution >= 4 is 11.8 Å². The number of unbranched alkanes of at least 4 members (excludes halogenated alkanes) is 4. The average Bonchev–Trinajstić information content (AvgIpc) is 2.83. The van der Waals surface area contributed by atoms with Gasteiger partial charge in [-0.25, -0.2) is 0 Å². The fourth-order valence-corrected chi connectivity index (χ4v) is 2.74. The molecule has 0 aromatic carbocycles. The molecule has 3 atom stereocenters. The second kappa shape index (κ2) is 10.3. The standard InChI is InChI=1S/C18H28O4/c1-2-15(19)11-12-16-14(10-13-17(16)20)8-6-4-3-5-7-9-18(21)22/h10-16,19H,2-9H2,1H3,(H,21,22)/b12-11+/t14-,15+,16-/m0/s1. The largest absolute Gasteiger partial charge is 0.481 e. The molecule has 0 aromatic rings. The summed E-state index contributed by atoms with van der Waals surface area (Å²) in [5, 5.41) is 18.1. The highest BCUT2D eigenvalue weighted by Gasteiger charge is 2.27. The van der Waals surface area contributed by atoms with E-state index in [1.165, 1.54) is 0 Å². The van der Waals surface area contributed by atoms with Crippen LogP contribution >= 0.6 is 0 Å². The number of aliphatic hydroxyl groups excluding tert-OH is 1. The number of hydrogen-bond donors (Lipinski definition) is 2. The van der Waals surface area contributed by atoms with Gasteiger partial charge in [0.05, 0.1) is 6.10 Å². The zero-order chi connectivity index (χ0) is 16.4. The molecule has 1 aliphatic carbocycles. The smallest absolute Gasteiger partial charge is 0.303 e. The Hall–Kier alpha value is -1.42. The minimum atomic E-state index is -0.724. The molecule has 124 valence electrons. The number of carboxylic acid groups (broad SMARTS) is 1. The highest BCUT2D eigenvalue weighted by Crippen LogP contribution is 2.29. The third kappa shape index (κ3) is 7.03. The first-order valence-corrected chi connectivity index (χ1v) is 8.34. The molecule has 2 N–H and O–H groups in total. The lowest BCUT2D eigenvalue weighted by atomic mass is 9.89. The monoisotopic (exact) mass is 308 g/mol. The number of hydrogen-bond acceptors (Lipinski definition) is 3. The molecular formula is C18H28O4. The molecule has 0 radical (unpaired) electrons. The molecular weight excluding hydrogens is 280 g/mol. The zero-order valence-electron chi connectivity index (χ0n) is 13.4. The van der Waals surface area contributed by atoms with Crippen LogP contribution in [-0.4, -0.2) is 28.1 Å². The molecule has 0 aliphatic heterocycles. The van der Waals surface area contributed by atoms with Gasteiger partial charge in [-0.2, -0.15) is 0 Å². The van der Waals surface area contributed by atoms with Gasteiger partial charge in [-0.15, -0.1) is 0 Å². The van der Waals surface area contributed by atoms with Crippen LogP contribution in [0.2, 0.25) is 0 Å². The van der Waals surface area contributed by atoms with Gasteiger partial charge < -0.3 is 10.2 Å². The highest BCUT2D eigenvalue weighted by atomic mass is 16.4. The van der Waals surface area contributed by atoms with Gasteiger partial charge in [0.1, 0.15) is 0 Å². The molecule has 1 aliphatic rings. The maximum atomic E-state index is 11.8. The number of carbonyl (C=O) groups excluding carboxylic acids is 1. The number of rotatable bonds is 11. The molecule has 22 heavy (non-hydrogen) atoms. The van der Waals surface area contributed by atoms with Crippen LogP contribution in [0.3, 0.4) is 0 Å². The first-order chi connectivity index (χ1) is 10.5.